The highest BCUT2D eigenvalue weighted by Crippen LogP contribution is 2.22. The molecule has 8 heteroatoms. The zero-order valence-corrected chi connectivity index (χ0v) is 17.2. The molecule has 0 aromatic carbocycles. The minimum absolute atomic E-state index is 0.582. The quantitative estimate of drug-likeness (QED) is 0.515. The molecule has 3 N–H and O–H groups in total. The fourth-order valence-electron chi connectivity index (χ4n) is 3.02. The van der Waals surface area contributed by atoms with Crippen LogP contribution in [0, 0.1) is 0 Å². The van der Waals surface area contributed by atoms with Crippen molar-refractivity contribution in [2.75, 3.05) is 38.5 Å². The van der Waals surface area contributed by atoms with E-state index in [1.54, 1.807) is 18.6 Å². The van der Waals surface area contributed by atoms with Gasteiger partial charge in [-0.15, -0.1) is 12.6 Å². The third kappa shape index (κ3) is 5.09. The number of pyridine rings is 1. The molecule has 0 saturated carbocycles. The number of imidazole rings is 1. The van der Waals surface area contributed by atoms with Crippen LogP contribution in [0.2, 0.25) is 0 Å². The van der Waals surface area contributed by atoms with E-state index in [0.29, 0.717) is 11.6 Å². The summed E-state index contributed by atoms with van der Waals surface area (Å²) in [5.74, 6) is 1.29. The van der Waals surface area contributed by atoms with E-state index in [1.807, 2.05) is 36.6 Å². The first-order valence-corrected chi connectivity index (χ1v) is 9.79. The number of rotatable bonds is 6. The number of nitrogen functional groups attached to an aromatic ring is 1. The van der Waals surface area contributed by atoms with Crippen molar-refractivity contribution in [3.8, 4) is 5.69 Å². The number of aliphatic imine (C=N–C) groups is 1. The maximum Gasteiger partial charge on any atom is 0.161 e. The molecule has 1 aliphatic heterocycles. The van der Waals surface area contributed by atoms with Crippen LogP contribution in [0.15, 0.2) is 46.7 Å². The predicted octanol–water partition coefficient (Wildman–Crippen LogP) is 2.37. The van der Waals surface area contributed by atoms with E-state index in [-0.39, 0.29) is 0 Å². The van der Waals surface area contributed by atoms with Crippen LogP contribution in [-0.2, 0) is 0 Å². The molecule has 148 valence electrons. The molecule has 0 bridgehead atoms. The van der Waals surface area contributed by atoms with Crippen LogP contribution >= 0.6 is 12.6 Å². The SMILES string of the molecule is C/C(S)=C/N=C(\C)c1nc(/C=C\CN2CCNCC2)c(N)n1-c1ccncc1. The second kappa shape index (κ2) is 9.68. The Kier molecular flexibility index (Phi) is 7.02. The molecule has 3 rings (SSSR count). The lowest BCUT2D eigenvalue weighted by molar-refractivity contribution is 0.265. The second-order valence-corrected chi connectivity index (χ2v) is 7.39. The van der Waals surface area contributed by atoms with Gasteiger partial charge in [-0.1, -0.05) is 6.08 Å². The maximum absolute atomic E-state index is 6.47. The van der Waals surface area contributed by atoms with Crippen LogP contribution in [0.5, 0.6) is 0 Å². The van der Waals surface area contributed by atoms with Crippen LogP contribution in [0.25, 0.3) is 11.8 Å². The molecule has 7 nitrogen and oxygen atoms in total. The van der Waals surface area contributed by atoms with Gasteiger partial charge in [0.1, 0.15) is 11.5 Å². The van der Waals surface area contributed by atoms with Gasteiger partial charge in [0.15, 0.2) is 5.82 Å². The zero-order valence-electron chi connectivity index (χ0n) is 16.3. The molecular weight excluding hydrogens is 370 g/mol. The fraction of sp³-hybridized carbons (Fsp3) is 0.350. The first-order valence-electron chi connectivity index (χ1n) is 9.35. The summed E-state index contributed by atoms with van der Waals surface area (Å²) in [6.45, 7) is 8.85. The van der Waals surface area contributed by atoms with Gasteiger partial charge in [0.05, 0.1) is 11.4 Å². The fourth-order valence-corrected chi connectivity index (χ4v) is 3.08. The van der Waals surface area contributed by atoms with Gasteiger partial charge in [0.2, 0.25) is 0 Å². The van der Waals surface area contributed by atoms with Crippen molar-refractivity contribution in [3.05, 3.63) is 53.2 Å². The lowest BCUT2D eigenvalue weighted by Gasteiger charge is -2.25. The summed E-state index contributed by atoms with van der Waals surface area (Å²) < 4.78 is 1.91. The second-order valence-electron chi connectivity index (χ2n) is 6.68. The van der Waals surface area contributed by atoms with Gasteiger partial charge in [-0.25, -0.2) is 4.98 Å². The molecule has 0 atom stereocenters. The van der Waals surface area contributed by atoms with E-state index in [1.165, 1.54) is 0 Å². The monoisotopic (exact) mass is 397 g/mol. The van der Waals surface area contributed by atoms with Gasteiger partial charge in [-0.3, -0.25) is 19.4 Å². The largest absolute Gasteiger partial charge is 0.383 e. The number of allylic oxidation sites excluding steroid dienone is 1. The molecule has 0 unspecified atom stereocenters. The average molecular weight is 398 g/mol. The summed E-state index contributed by atoms with van der Waals surface area (Å²) >= 11 is 4.28. The lowest BCUT2D eigenvalue weighted by Crippen LogP contribution is -2.43. The number of piperazine rings is 1. The summed E-state index contributed by atoms with van der Waals surface area (Å²) in [6, 6.07) is 3.81. The molecule has 0 aliphatic carbocycles. The normalized spacial score (nSPS) is 16.8. The van der Waals surface area contributed by atoms with Crippen molar-refractivity contribution in [1.82, 2.24) is 24.8 Å². The Balaban J connectivity index is 1.93. The predicted molar refractivity (Wildman–Crippen MR) is 119 cm³/mol. The van der Waals surface area contributed by atoms with Crippen molar-refractivity contribution in [3.63, 3.8) is 0 Å². The summed E-state index contributed by atoms with van der Waals surface area (Å²) in [4.78, 5) is 16.6. The Morgan fingerprint density at radius 2 is 2.00 bits per heavy atom. The van der Waals surface area contributed by atoms with Crippen LogP contribution in [-0.4, -0.2) is 57.9 Å². The minimum Gasteiger partial charge on any atom is -0.383 e. The molecule has 2 aromatic heterocycles. The maximum atomic E-state index is 6.47. The number of hydrogen-bond donors (Lipinski definition) is 3. The van der Waals surface area contributed by atoms with Crippen molar-refractivity contribution in [1.29, 1.82) is 0 Å². The Bertz CT molecular complexity index is 873. The number of anilines is 1. The number of hydrogen-bond acceptors (Lipinski definition) is 7. The van der Waals surface area contributed by atoms with Gasteiger partial charge >= 0.3 is 0 Å². The van der Waals surface area contributed by atoms with Gasteiger partial charge in [-0.05, 0) is 37.0 Å². The molecule has 1 fully saturated rings. The van der Waals surface area contributed by atoms with Crippen molar-refractivity contribution < 1.29 is 0 Å². The van der Waals surface area contributed by atoms with Crippen molar-refractivity contribution in [2.24, 2.45) is 4.99 Å². The standard InChI is InChI=1S/C20H27N7S/c1-15(28)14-24-16(2)20-25-18(4-3-11-26-12-9-23-10-13-26)19(21)27(20)17-5-7-22-8-6-17/h3-8,14,23,28H,9-13,21H2,1-2H3/b4-3-,15-14-,24-16+. The Hall–Kier alpha value is -2.42. The van der Waals surface area contributed by atoms with Crippen LogP contribution in [0.3, 0.4) is 0 Å². The molecule has 3 heterocycles. The third-order valence-electron chi connectivity index (χ3n) is 4.48. The molecular formula is C20H27N7S. The molecule has 2 aromatic rings. The molecule has 28 heavy (non-hydrogen) atoms. The van der Waals surface area contributed by atoms with Gasteiger partial charge in [0, 0.05) is 51.3 Å². The highest BCUT2D eigenvalue weighted by atomic mass is 32.1. The Morgan fingerprint density at radius 3 is 2.68 bits per heavy atom. The number of nitrogens with zero attached hydrogens (tertiary/aromatic N) is 5. The summed E-state index contributed by atoms with van der Waals surface area (Å²) in [6.07, 6.45) is 9.30. The summed E-state index contributed by atoms with van der Waals surface area (Å²) in [7, 11) is 0. The van der Waals surface area contributed by atoms with E-state index in [9.17, 15) is 0 Å². The van der Waals surface area contributed by atoms with E-state index in [0.717, 1.165) is 54.7 Å². The van der Waals surface area contributed by atoms with E-state index in [4.69, 9.17) is 10.7 Å². The van der Waals surface area contributed by atoms with Crippen LogP contribution in [0.1, 0.15) is 25.4 Å². The lowest BCUT2D eigenvalue weighted by atomic mass is 10.3. The van der Waals surface area contributed by atoms with Crippen LogP contribution in [0.4, 0.5) is 5.82 Å². The van der Waals surface area contributed by atoms with E-state index >= 15 is 0 Å². The Morgan fingerprint density at radius 1 is 1.29 bits per heavy atom. The van der Waals surface area contributed by atoms with E-state index < -0.39 is 0 Å². The molecule has 0 radical (unpaired) electrons. The molecule has 1 saturated heterocycles. The molecule has 0 spiro atoms. The minimum atomic E-state index is 0.582. The summed E-state index contributed by atoms with van der Waals surface area (Å²) in [5.41, 5.74) is 8.87. The zero-order chi connectivity index (χ0) is 19.9. The average Bonchev–Trinajstić information content (AvgIpc) is 3.04. The number of thiol groups is 1. The first-order chi connectivity index (χ1) is 13.6. The smallest absolute Gasteiger partial charge is 0.161 e. The third-order valence-corrected chi connectivity index (χ3v) is 4.60. The topological polar surface area (TPSA) is 84.4 Å². The van der Waals surface area contributed by atoms with Gasteiger partial charge in [0.25, 0.3) is 0 Å². The summed E-state index contributed by atoms with van der Waals surface area (Å²) in [5, 5.41) is 3.36. The van der Waals surface area contributed by atoms with Gasteiger partial charge < -0.3 is 11.1 Å². The van der Waals surface area contributed by atoms with Crippen molar-refractivity contribution >= 4 is 30.2 Å². The van der Waals surface area contributed by atoms with E-state index in [2.05, 4.69) is 38.9 Å². The Labute approximate surface area is 171 Å². The molecule has 0 amide bonds. The number of nitrogens with two attached hydrogens (primary N) is 1. The number of nitrogens with one attached hydrogen (secondary N) is 1. The highest BCUT2D eigenvalue weighted by Gasteiger charge is 2.17. The van der Waals surface area contributed by atoms with Crippen LogP contribution < -0.4 is 11.1 Å². The highest BCUT2D eigenvalue weighted by molar-refractivity contribution is 7.84. The molecule has 1 aliphatic rings. The number of aromatic nitrogens is 3. The van der Waals surface area contributed by atoms with Gasteiger partial charge in [-0.2, -0.15) is 0 Å². The first kappa shape index (κ1) is 20.3. The van der Waals surface area contributed by atoms with Crippen molar-refractivity contribution in [2.45, 2.75) is 13.8 Å².